The molecular formula is C19H21N5OS. The number of ether oxygens (including phenoxy) is 1. The fraction of sp³-hybridized carbons (Fsp3) is 0.526. The van der Waals surface area contributed by atoms with Crippen LogP contribution in [0.3, 0.4) is 0 Å². The van der Waals surface area contributed by atoms with E-state index in [4.69, 9.17) is 14.7 Å². The van der Waals surface area contributed by atoms with Crippen LogP contribution in [0.5, 0.6) is 5.75 Å². The van der Waals surface area contributed by atoms with Crippen LogP contribution in [0, 0.1) is 5.92 Å². The van der Waals surface area contributed by atoms with Crippen molar-refractivity contribution >= 4 is 23.5 Å². The second-order valence-electron chi connectivity index (χ2n) is 7.96. The predicted octanol–water partition coefficient (Wildman–Crippen LogP) is 2.75. The lowest BCUT2D eigenvalue weighted by Crippen LogP contribution is -2.63. The summed E-state index contributed by atoms with van der Waals surface area (Å²) in [7, 11) is 0. The number of hydrogen-bond donors (Lipinski definition) is 1. The standard InChI is InChI=1S/C19H21N5OS/c1-2-13(9-20-4-1)25-14-10-24(11-14)18-21-15-3-5-26-16(15)17(22-18)23-19-6-12(7-19)8-19/h1-2,4,9,12,14H,3,5-8,10-11H2,(H,21,22,23). The molecule has 5 aliphatic rings. The normalized spacial score (nSPS) is 28.6. The molecule has 2 aliphatic heterocycles. The molecule has 2 aromatic rings. The van der Waals surface area contributed by atoms with Crippen molar-refractivity contribution in [2.45, 2.75) is 42.2 Å². The Kier molecular flexibility index (Phi) is 3.18. The van der Waals surface area contributed by atoms with Crippen LogP contribution in [-0.2, 0) is 6.42 Å². The average molecular weight is 367 g/mol. The summed E-state index contributed by atoms with van der Waals surface area (Å²) in [5, 5.41) is 3.78. The highest BCUT2D eigenvalue weighted by Crippen LogP contribution is 2.59. The lowest BCUT2D eigenvalue weighted by atomic mass is 9.50. The zero-order chi connectivity index (χ0) is 17.1. The maximum absolute atomic E-state index is 5.96. The highest BCUT2D eigenvalue weighted by atomic mass is 32.2. The molecule has 26 heavy (non-hydrogen) atoms. The molecule has 0 amide bonds. The van der Waals surface area contributed by atoms with Gasteiger partial charge in [0.25, 0.3) is 0 Å². The number of anilines is 2. The zero-order valence-electron chi connectivity index (χ0n) is 14.5. The van der Waals surface area contributed by atoms with Crippen molar-refractivity contribution in [3.05, 3.63) is 30.2 Å². The van der Waals surface area contributed by atoms with Crippen molar-refractivity contribution in [3.63, 3.8) is 0 Å². The van der Waals surface area contributed by atoms with Crippen molar-refractivity contribution in [3.8, 4) is 5.75 Å². The van der Waals surface area contributed by atoms with Gasteiger partial charge in [-0.3, -0.25) is 4.98 Å². The minimum Gasteiger partial charge on any atom is -0.485 e. The molecule has 134 valence electrons. The van der Waals surface area contributed by atoms with Gasteiger partial charge in [-0.05, 0) is 37.3 Å². The first-order valence-electron chi connectivity index (χ1n) is 9.40. The monoisotopic (exact) mass is 367 g/mol. The molecule has 0 radical (unpaired) electrons. The third-order valence-electron chi connectivity index (χ3n) is 6.00. The van der Waals surface area contributed by atoms with Crippen LogP contribution in [0.15, 0.2) is 29.4 Å². The van der Waals surface area contributed by atoms with Crippen LogP contribution in [0.4, 0.5) is 11.8 Å². The van der Waals surface area contributed by atoms with Gasteiger partial charge in [-0.15, -0.1) is 11.8 Å². The first-order chi connectivity index (χ1) is 12.8. The van der Waals surface area contributed by atoms with E-state index in [1.807, 2.05) is 23.9 Å². The molecule has 3 saturated carbocycles. The molecule has 2 bridgehead atoms. The van der Waals surface area contributed by atoms with Gasteiger partial charge in [0.1, 0.15) is 17.7 Å². The number of thioether (sulfide) groups is 1. The van der Waals surface area contributed by atoms with E-state index >= 15 is 0 Å². The number of pyridine rings is 1. The van der Waals surface area contributed by atoms with Gasteiger partial charge in [-0.1, -0.05) is 0 Å². The maximum Gasteiger partial charge on any atom is 0.227 e. The third-order valence-corrected chi connectivity index (χ3v) is 7.12. The van der Waals surface area contributed by atoms with Gasteiger partial charge in [0.05, 0.1) is 29.9 Å². The molecule has 6 nitrogen and oxygen atoms in total. The van der Waals surface area contributed by atoms with Crippen LogP contribution < -0.4 is 15.0 Å². The number of fused-ring (bicyclic) bond motifs is 1. The second-order valence-corrected chi connectivity index (χ2v) is 9.07. The van der Waals surface area contributed by atoms with Gasteiger partial charge in [0.2, 0.25) is 5.95 Å². The summed E-state index contributed by atoms with van der Waals surface area (Å²) in [6.45, 7) is 1.65. The highest BCUT2D eigenvalue weighted by Gasteiger charge is 2.57. The molecule has 0 aromatic carbocycles. The van der Waals surface area contributed by atoms with E-state index in [0.717, 1.165) is 48.7 Å². The Morgan fingerprint density at radius 2 is 2.12 bits per heavy atom. The van der Waals surface area contributed by atoms with Crippen molar-refractivity contribution in [1.82, 2.24) is 15.0 Å². The molecule has 0 spiro atoms. The van der Waals surface area contributed by atoms with Crippen molar-refractivity contribution in [2.24, 2.45) is 5.92 Å². The Labute approximate surface area is 156 Å². The number of aryl methyl sites for hydroxylation is 1. The minimum atomic E-state index is 0.180. The predicted molar refractivity (Wildman–Crippen MR) is 101 cm³/mol. The van der Waals surface area contributed by atoms with Crippen molar-refractivity contribution in [2.75, 3.05) is 29.1 Å². The lowest BCUT2D eigenvalue weighted by molar-refractivity contribution is 0.00158. The van der Waals surface area contributed by atoms with Crippen molar-refractivity contribution in [1.29, 1.82) is 0 Å². The summed E-state index contributed by atoms with van der Waals surface area (Å²) < 4.78 is 5.96. The Morgan fingerprint density at radius 3 is 2.85 bits per heavy atom. The van der Waals surface area contributed by atoms with Crippen LogP contribution >= 0.6 is 11.8 Å². The fourth-order valence-electron chi connectivity index (χ4n) is 4.45. The van der Waals surface area contributed by atoms with E-state index in [0.29, 0.717) is 5.54 Å². The van der Waals surface area contributed by atoms with E-state index in [1.165, 1.54) is 29.9 Å². The van der Waals surface area contributed by atoms with Gasteiger partial charge >= 0.3 is 0 Å². The molecule has 4 heterocycles. The second kappa shape index (κ2) is 5.49. The summed E-state index contributed by atoms with van der Waals surface area (Å²) in [4.78, 5) is 17.4. The van der Waals surface area contributed by atoms with Gasteiger partial charge in [0, 0.05) is 23.9 Å². The number of nitrogens with one attached hydrogen (secondary N) is 1. The largest absolute Gasteiger partial charge is 0.485 e. The SMILES string of the molecule is c1cncc(OC2CN(c3nc4c(c(NC56CC(C5)C6)n3)SCC4)C2)c1. The summed E-state index contributed by atoms with van der Waals surface area (Å²) in [5.41, 5.74) is 1.56. The van der Waals surface area contributed by atoms with Crippen LogP contribution in [-0.4, -0.2) is 45.4 Å². The molecule has 7 heteroatoms. The molecule has 3 aliphatic carbocycles. The van der Waals surface area contributed by atoms with Gasteiger partial charge in [0.15, 0.2) is 0 Å². The molecule has 0 unspecified atom stereocenters. The van der Waals surface area contributed by atoms with E-state index in [9.17, 15) is 0 Å². The van der Waals surface area contributed by atoms with E-state index in [2.05, 4.69) is 15.2 Å². The number of nitrogens with zero attached hydrogens (tertiary/aromatic N) is 4. The quantitative estimate of drug-likeness (QED) is 0.872. The Morgan fingerprint density at radius 1 is 1.23 bits per heavy atom. The summed E-state index contributed by atoms with van der Waals surface area (Å²) >= 11 is 1.90. The van der Waals surface area contributed by atoms with E-state index in [-0.39, 0.29) is 6.10 Å². The third kappa shape index (κ3) is 2.36. The molecule has 1 saturated heterocycles. The lowest BCUT2D eigenvalue weighted by Gasteiger charge is -2.62. The summed E-state index contributed by atoms with van der Waals surface area (Å²) in [5.74, 6) is 4.83. The molecular weight excluding hydrogens is 346 g/mol. The molecule has 0 atom stereocenters. The number of rotatable bonds is 5. The summed E-state index contributed by atoms with van der Waals surface area (Å²) in [6.07, 6.45) is 8.70. The topological polar surface area (TPSA) is 63.2 Å². The van der Waals surface area contributed by atoms with E-state index in [1.54, 1.807) is 12.4 Å². The minimum absolute atomic E-state index is 0.180. The Balaban J connectivity index is 1.19. The molecule has 1 N–H and O–H groups in total. The smallest absolute Gasteiger partial charge is 0.227 e. The highest BCUT2D eigenvalue weighted by molar-refractivity contribution is 7.99. The van der Waals surface area contributed by atoms with Crippen LogP contribution in [0.25, 0.3) is 0 Å². The molecule has 4 fully saturated rings. The Bertz CT molecular complexity index is 837. The van der Waals surface area contributed by atoms with Gasteiger partial charge in [-0.25, -0.2) is 4.98 Å². The first kappa shape index (κ1) is 15.1. The summed E-state index contributed by atoms with van der Waals surface area (Å²) in [6, 6.07) is 3.85. The fourth-order valence-corrected chi connectivity index (χ4v) is 5.50. The zero-order valence-corrected chi connectivity index (χ0v) is 15.3. The van der Waals surface area contributed by atoms with Crippen LogP contribution in [0.1, 0.15) is 25.0 Å². The molecule has 7 rings (SSSR count). The molecule has 2 aromatic heterocycles. The average Bonchev–Trinajstić information content (AvgIpc) is 3.02. The number of hydrogen-bond acceptors (Lipinski definition) is 7. The van der Waals surface area contributed by atoms with Gasteiger partial charge < -0.3 is 15.0 Å². The maximum atomic E-state index is 5.96. The number of aromatic nitrogens is 3. The van der Waals surface area contributed by atoms with Crippen LogP contribution in [0.2, 0.25) is 0 Å². The van der Waals surface area contributed by atoms with E-state index < -0.39 is 0 Å². The first-order valence-corrected chi connectivity index (χ1v) is 10.4. The van der Waals surface area contributed by atoms with Gasteiger partial charge in [-0.2, -0.15) is 4.98 Å². The Hall–Kier alpha value is -2.02. The van der Waals surface area contributed by atoms with Crippen molar-refractivity contribution < 1.29 is 4.74 Å².